The van der Waals surface area contributed by atoms with Crippen molar-refractivity contribution in [2.45, 2.75) is 115 Å². The van der Waals surface area contributed by atoms with Crippen molar-refractivity contribution < 1.29 is 69.5 Å². The fourth-order valence-corrected chi connectivity index (χ4v) is 3.85. The van der Waals surface area contributed by atoms with E-state index in [0.29, 0.717) is 12.8 Å². The van der Waals surface area contributed by atoms with E-state index >= 15 is 0 Å². The second kappa shape index (κ2) is 17.9. The maximum atomic E-state index is 11.3. The Bertz CT molecular complexity index is 360. The van der Waals surface area contributed by atoms with E-state index in [1.165, 1.54) is 0 Å². The van der Waals surface area contributed by atoms with Crippen molar-refractivity contribution >= 4 is 10.1 Å². The van der Waals surface area contributed by atoms with E-state index in [1.807, 2.05) is 0 Å². The van der Waals surface area contributed by atoms with E-state index < -0.39 is 15.4 Å². The van der Waals surface area contributed by atoms with Crippen LogP contribution in [0.3, 0.4) is 0 Å². The van der Waals surface area contributed by atoms with E-state index in [4.69, 9.17) is 0 Å². The molecule has 2 unspecified atom stereocenters. The third kappa shape index (κ3) is 16.9. The standard InChI is InChI=1S/C18H38O4S.K/c1-3-5-7-11-15-18(23(20,21)22)16-12-8-10-14-17(19)13-9-6-4-2;/h17-19H,3-16H2,1-2H3,(H,20,21,22);/q;+1/p-1. The zero-order valence-electron chi connectivity index (χ0n) is 16.1. The molecule has 1 N–H and O–H groups in total. The minimum absolute atomic E-state index is 0. The Labute approximate surface area is 192 Å². The summed E-state index contributed by atoms with van der Waals surface area (Å²) in [5.74, 6) is 0. The fourth-order valence-electron chi connectivity index (χ4n) is 2.93. The van der Waals surface area contributed by atoms with Crippen LogP contribution in [0.4, 0.5) is 0 Å². The van der Waals surface area contributed by atoms with Crippen molar-refractivity contribution in [1.82, 2.24) is 0 Å². The summed E-state index contributed by atoms with van der Waals surface area (Å²) >= 11 is 0. The molecule has 0 fully saturated rings. The molecule has 0 aliphatic heterocycles. The summed E-state index contributed by atoms with van der Waals surface area (Å²) in [6.07, 6.45) is 12.4. The Morgan fingerprint density at radius 2 is 1.12 bits per heavy atom. The van der Waals surface area contributed by atoms with Gasteiger partial charge in [0.15, 0.2) is 0 Å². The number of rotatable bonds is 16. The number of aliphatic hydroxyl groups is 1. The maximum absolute atomic E-state index is 11.3. The van der Waals surface area contributed by atoms with Gasteiger partial charge in [-0.1, -0.05) is 78.1 Å². The zero-order chi connectivity index (χ0) is 17.6. The summed E-state index contributed by atoms with van der Waals surface area (Å²) in [4.78, 5) is 0. The van der Waals surface area contributed by atoms with Crippen LogP contribution in [0.25, 0.3) is 0 Å². The molecule has 140 valence electrons. The first kappa shape index (κ1) is 27.7. The Morgan fingerprint density at radius 3 is 1.58 bits per heavy atom. The van der Waals surface area contributed by atoms with Crippen molar-refractivity contribution in [1.29, 1.82) is 0 Å². The monoisotopic (exact) mass is 388 g/mol. The molecule has 6 heteroatoms. The van der Waals surface area contributed by atoms with Gasteiger partial charge in [0.2, 0.25) is 0 Å². The minimum Gasteiger partial charge on any atom is -0.748 e. The average molecular weight is 389 g/mol. The molecule has 0 amide bonds. The topological polar surface area (TPSA) is 77.4 Å². The van der Waals surface area contributed by atoms with E-state index in [-0.39, 0.29) is 57.5 Å². The zero-order valence-corrected chi connectivity index (χ0v) is 20.1. The van der Waals surface area contributed by atoms with Crippen LogP contribution < -0.4 is 51.4 Å². The summed E-state index contributed by atoms with van der Waals surface area (Å²) in [6, 6.07) is 0. The van der Waals surface area contributed by atoms with Gasteiger partial charge in [-0.3, -0.25) is 0 Å². The van der Waals surface area contributed by atoms with Crippen LogP contribution in [-0.2, 0) is 10.1 Å². The molecule has 0 rings (SSSR count). The Kier molecular flexibility index (Phi) is 20.7. The molecule has 0 aliphatic rings. The number of hydrogen-bond acceptors (Lipinski definition) is 4. The van der Waals surface area contributed by atoms with Crippen LogP contribution in [0, 0.1) is 0 Å². The van der Waals surface area contributed by atoms with E-state index in [2.05, 4.69) is 13.8 Å². The Morgan fingerprint density at radius 1 is 0.750 bits per heavy atom. The van der Waals surface area contributed by atoms with Crippen LogP contribution in [0.15, 0.2) is 0 Å². The van der Waals surface area contributed by atoms with Gasteiger partial charge in [0, 0.05) is 5.25 Å². The summed E-state index contributed by atoms with van der Waals surface area (Å²) in [6.45, 7) is 4.26. The van der Waals surface area contributed by atoms with Gasteiger partial charge in [-0.25, -0.2) is 8.42 Å². The second-order valence-corrected chi connectivity index (χ2v) is 8.40. The molecule has 0 aromatic heterocycles. The Hall–Kier alpha value is 1.51. The van der Waals surface area contributed by atoms with Gasteiger partial charge in [-0.05, 0) is 25.7 Å². The molecule has 0 bridgehead atoms. The van der Waals surface area contributed by atoms with E-state index in [9.17, 15) is 18.1 Å². The molecular weight excluding hydrogens is 351 g/mol. The first-order valence-electron chi connectivity index (χ1n) is 9.54. The molecule has 4 nitrogen and oxygen atoms in total. The van der Waals surface area contributed by atoms with Crippen LogP contribution >= 0.6 is 0 Å². The summed E-state index contributed by atoms with van der Waals surface area (Å²) in [5.41, 5.74) is 0. The largest absolute Gasteiger partial charge is 1.00 e. The van der Waals surface area contributed by atoms with Crippen LogP contribution in [0.5, 0.6) is 0 Å². The molecule has 0 radical (unpaired) electrons. The molecule has 24 heavy (non-hydrogen) atoms. The van der Waals surface area contributed by atoms with E-state index in [1.54, 1.807) is 0 Å². The van der Waals surface area contributed by atoms with Crippen LogP contribution in [-0.4, -0.2) is 29.4 Å². The molecule has 0 aromatic rings. The molecule has 0 heterocycles. The normalized spacial score (nSPS) is 14.2. The molecular formula is C18H37KO4S. The number of aliphatic hydroxyl groups excluding tert-OH is 1. The second-order valence-electron chi connectivity index (χ2n) is 6.75. The molecule has 0 spiro atoms. The third-order valence-corrected chi connectivity index (χ3v) is 5.78. The molecule has 0 saturated heterocycles. The predicted molar refractivity (Wildman–Crippen MR) is 95.5 cm³/mol. The maximum Gasteiger partial charge on any atom is 1.00 e. The van der Waals surface area contributed by atoms with Gasteiger partial charge >= 0.3 is 51.4 Å². The summed E-state index contributed by atoms with van der Waals surface area (Å²) < 4.78 is 34.0. The predicted octanol–water partition coefficient (Wildman–Crippen LogP) is 1.77. The first-order chi connectivity index (χ1) is 10.9. The summed E-state index contributed by atoms with van der Waals surface area (Å²) in [5, 5.41) is 9.12. The van der Waals surface area contributed by atoms with Gasteiger partial charge in [0.25, 0.3) is 0 Å². The van der Waals surface area contributed by atoms with Crippen molar-refractivity contribution in [2.75, 3.05) is 0 Å². The van der Waals surface area contributed by atoms with Crippen LogP contribution in [0.2, 0.25) is 0 Å². The van der Waals surface area contributed by atoms with Crippen LogP contribution in [0.1, 0.15) is 104 Å². The quantitative estimate of drug-likeness (QED) is 0.248. The molecule has 0 aliphatic carbocycles. The minimum atomic E-state index is -4.17. The third-order valence-electron chi connectivity index (χ3n) is 4.49. The molecule has 2 atom stereocenters. The number of hydrogen-bond donors (Lipinski definition) is 1. The van der Waals surface area contributed by atoms with Gasteiger partial charge in [0.05, 0.1) is 16.2 Å². The number of unbranched alkanes of at least 4 members (excludes halogenated alkanes) is 7. The SMILES string of the molecule is CCCCCCC(CCCCCC(O)CCCCC)S(=O)(=O)[O-].[K+]. The van der Waals surface area contributed by atoms with Crippen molar-refractivity contribution in [2.24, 2.45) is 0 Å². The average Bonchev–Trinajstić information content (AvgIpc) is 2.48. The van der Waals surface area contributed by atoms with Crippen molar-refractivity contribution in [3.05, 3.63) is 0 Å². The molecule has 0 aromatic carbocycles. The molecule has 0 saturated carbocycles. The van der Waals surface area contributed by atoms with Gasteiger partial charge in [-0.2, -0.15) is 0 Å². The van der Waals surface area contributed by atoms with Crippen molar-refractivity contribution in [3.63, 3.8) is 0 Å². The van der Waals surface area contributed by atoms with E-state index in [0.717, 1.165) is 77.0 Å². The van der Waals surface area contributed by atoms with Gasteiger partial charge in [-0.15, -0.1) is 0 Å². The van der Waals surface area contributed by atoms with Gasteiger partial charge < -0.3 is 9.66 Å². The first-order valence-corrected chi connectivity index (χ1v) is 11.0. The Balaban J connectivity index is 0. The van der Waals surface area contributed by atoms with Gasteiger partial charge in [0.1, 0.15) is 0 Å². The smallest absolute Gasteiger partial charge is 0.748 e. The fraction of sp³-hybridized carbons (Fsp3) is 1.00. The summed E-state index contributed by atoms with van der Waals surface area (Å²) in [7, 11) is -4.17. The van der Waals surface area contributed by atoms with Crippen molar-refractivity contribution in [3.8, 4) is 0 Å².